The van der Waals surface area contributed by atoms with Crippen molar-refractivity contribution < 1.29 is 22.8 Å². The molecule has 0 saturated carbocycles. The van der Waals surface area contributed by atoms with E-state index in [1.807, 2.05) is 9.58 Å². The molecule has 1 aliphatic rings. The second kappa shape index (κ2) is 10.2. The lowest BCUT2D eigenvalue weighted by Crippen LogP contribution is -3.15. The molecule has 0 spiro atoms. The van der Waals surface area contributed by atoms with Crippen molar-refractivity contribution in [2.75, 3.05) is 44.8 Å². The van der Waals surface area contributed by atoms with Gasteiger partial charge in [0.05, 0.1) is 44.9 Å². The zero-order valence-electron chi connectivity index (χ0n) is 17.5. The molecule has 1 fully saturated rings. The second-order valence-corrected chi connectivity index (χ2v) is 7.64. The predicted octanol–water partition coefficient (Wildman–Crippen LogP) is 1.97. The van der Waals surface area contributed by atoms with Crippen molar-refractivity contribution in [3.8, 4) is 0 Å². The molecule has 2 aromatic rings. The van der Waals surface area contributed by atoms with Crippen molar-refractivity contribution in [2.24, 2.45) is 0 Å². The fourth-order valence-electron chi connectivity index (χ4n) is 4.00. The van der Waals surface area contributed by atoms with E-state index >= 15 is 0 Å². The number of tetrazole rings is 1. The van der Waals surface area contributed by atoms with E-state index < -0.39 is 11.7 Å². The third kappa shape index (κ3) is 5.48. The van der Waals surface area contributed by atoms with Crippen molar-refractivity contribution in [3.05, 3.63) is 35.7 Å². The van der Waals surface area contributed by atoms with Crippen molar-refractivity contribution in [3.63, 3.8) is 0 Å². The number of methoxy groups -OCH3 is 1. The van der Waals surface area contributed by atoms with E-state index in [1.165, 1.54) is 17.0 Å². The molecule has 166 valence electrons. The average molecular weight is 427 g/mol. The quantitative estimate of drug-likeness (QED) is 0.663. The first-order valence-corrected chi connectivity index (χ1v) is 10.5. The van der Waals surface area contributed by atoms with Gasteiger partial charge in [0.15, 0.2) is 0 Å². The lowest BCUT2D eigenvalue weighted by atomic mass is 10.1. The molecule has 2 heterocycles. The smallest absolute Gasteiger partial charge is 0.383 e. The molecule has 1 aliphatic heterocycles. The Morgan fingerprint density at radius 1 is 1.23 bits per heavy atom. The van der Waals surface area contributed by atoms with Gasteiger partial charge in [-0.15, -0.1) is 5.10 Å². The van der Waals surface area contributed by atoms with Crippen LogP contribution in [0.3, 0.4) is 0 Å². The van der Waals surface area contributed by atoms with Crippen LogP contribution in [-0.4, -0.2) is 60.1 Å². The molecule has 0 amide bonds. The standard InChI is InChI=1S/C20H29F3N6O/c1-3-4-8-18(19-24-25-26-29(19)13-14-30-2)28-11-9-27(10-12-28)17-7-5-6-16(15-17)20(21,22)23/h5-7,15,18H,3-4,8-14H2,1-2H3/p+1/t18-/m1/s1. The molecule has 1 atom stereocenters. The minimum atomic E-state index is -4.33. The average Bonchev–Trinajstić information content (AvgIpc) is 3.21. The number of unbranched alkanes of at least 4 members (excludes halogenated alkanes) is 1. The highest BCUT2D eigenvalue weighted by Crippen LogP contribution is 2.31. The van der Waals surface area contributed by atoms with Crippen molar-refractivity contribution in [1.82, 2.24) is 20.2 Å². The van der Waals surface area contributed by atoms with Gasteiger partial charge in [0.2, 0.25) is 5.82 Å². The van der Waals surface area contributed by atoms with Gasteiger partial charge in [-0.25, -0.2) is 4.68 Å². The van der Waals surface area contributed by atoms with Gasteiger partial charge in [-0.2, -0.15) is 13.2 Å². The summed E-state index contributed by atoms with van der Waals surface area (Å²) in [4.78, 5) is 3.41. The maximum absolute atomic E-state index is 13.1. The summed E-state index contributed by atoms with van der Waals surface area (Å²) in [6.45, 7) is 6.33. The van der Waals surface area contributed by atoms with Gasteiger partial charge in [-0.05, 0) is 35.0 Å². The SMILES string of the molecule is CCCC[C@H](c1nnnn1CCOC)[NH+]1CCN(c2cccc(C(F)(F)F)c2)CC1. The van der Waals surface area contributed by atoms with Gasteiger partial charge >= 0.3 is 6.18 Å². The maximum Gasteiger partial charge on any atom is 0.416 e. The number of hydrogen-bond acceptors (Lipinski definition) is 5. The fourth-order valence-corrected chi connectivity index (χ4v) is 4.00. The van der Waals surface area contributed by atoms with Crippen LogP contribution in [-0.2, 0) is 17.5 Å². The largest absolute Gasteiger partial charge is 0.416 e. The van der Waals surface area contributed by atoms with E-state index in [0.29, 0.717) is 31.9 Å². The molecule has 0 aliphatic carbocycles. The monoisotopic (exact) mass is 427 g/mol. The molecular formula is C20H30F3N6O+. The number of rotatable bonds is 9. The van der Waals surface area contributed by atoms with Crippen LogP contribution in [0.15, 0.2) is 24.3 Å². The lowest BCUT2D eigenvalue weighted by Gasteiger charge is -2.37. The summed E-state index contributed by atoms with van der Waals surface area (Å²) in [5.41, 5.74) is 0.0202. The Hall–Kier alpha value is -2.20. The first-order valence-electron chi connectivity index (χ1n) is 10.5. The number of anilines is 1. The molecule has 3 rings (SSSR count). The number of quaternary nitrogens is 1. The van der Waals surface area contributed by atoms with Gasteiger partial charge in [0, 0.05) is 19.2 Å². The van der Waals surface area contributed by atoms with E-state index in [1.54, 1.807) is 13.2 Å². The zero-order valence-corrected chi connectivity index (χ0v) is 17.5. The first-order chi connectivity index (χ1) is 14.4. The zero-order chi connectivity index (χ0) is 21.6. The molecule has 0 radical (unpaired) electrons. The Bertz CT molecular complexity index is 789. The van der Waals surface area contributed by atoms with Crippen LogP contribution in [0.4, 0.5) is 18.9 Å². The maximum atomic E-state index is 13.1. The summed E-state index contributed by atoms with van der Waals surface area (Å²) in [7, 11) is 1.65. The van der Waals surface area contributed by atoms with Crippen LogP contribution in [0.2, 0.25) is 0 Å². The number of piperazine rings is 1. The van der Waals surface area contributed by atoms with Gasteiger partial charge in [0.1, 0.15) is 6.04 Å². The molecule has 0 unspecified atom stereocenters. The van der Waals surface area contributed by atoms with E-state index in [-0.39, 0.29) is 6.04 Å². The summed E-state index contributed by atoms with van der Waals surface area (Å²) in [6, 6.07) is 5.75. The Kier molecular flexibility index (Phi) is 7.65. The Morgan fingerprint density at radius 3 is 2.67 bits per heavy atom. The first kappa shape index (κ1) is 22.5. The number of nitrogens with one attached hydrogen (secondary N) is 1. The molecule has 1 N–H and O–H groups in total. The van der Waals surface area contributed by atoms with E-state index in [9.17, 15) is 13.2 Å². The topological polar surface area (TPSA) is 60.5 Å². The molecule has 7 nitrogen and oxygen atoms in total. The van der Waals surface area contributed by atoms with Crippen molar-refractivity contribution >= 4 is 5.69 Å². The van der Waals surface area contributed by atoms with Gasteiger partial charge in [-0.1, -0.05) is 19.4 Å². The van der Waals surface area contributed by atoms with Crippen LogP contribution >= 0.6 is 0 Å². The number of ether oxygens (including phenoxy) is 1. The summed E-state index contributed by atoms with van der Waals surface area (Å²) in [6.07, 6.45) is -1.20. The lowest BCUT2D eigenvalue weighted by molar-refractivity contribution is -0.933. The van der Waals surface area contributed by atoms with E-state index in [4.69, 9.17) is 4.74 Å². The third-order valence-electron chi connectivity index (χ3n) is 5.66. The number of aromatic nitrogens is 4. The second-order valence-electron chi connectivity index (χ2n) is 7.64. The highest BCUT2D eigenvalue weighted by Gasteiger charge is 2.34. The van der Waals surface area contributed by atoms with Crippen molar-refractivity contribution in [1.29, 1.82) is 0 Å². The van der Waals surface area contributed by atoms with Crippen LogP contribution in [0.1, 0.15) is 43.6 Å². The number of halogens is 3. The number of alkyl halides is 3. The highest BCUT2D eigenvalue weighted by molar-refractivity contribution is 5.49. The number of hydrogen-bond donors (Lipinski definition) is 1. The number of nitrogens with zero attached hydrogens (tertiary/aromatic N) is 5. The van der Waals surface area contributed by atoms with Crippen LogP contribution in [0, 0.1) is 0 Å². The molecule has 1 aromatic heterocycles. The Labute approximate surface area is 174 Å². The van der Waals surface area contributed by atoms with E-state index in [2.05, 4.69) is 22.4 Å². The molecule has 30 heavy (non-hydrogen) atoms. The van der Waals surface area contributed by atoms with Gasteiger partial charge in [0.25, 0.3) is 0 Å². The summed E-state index contributed by atoms with van der Waals surface area (Å²) >= 11 is 0. The Morgan fingerprint density at radius 2 is 2.00 bits per heavy atom. The van der Waals surface area contributed by atoms with Crippen LogP contribution in [0.5, 0.6) is 0 Å². The minimum Gasteiger partial charge on any atom is -0.383 e. The normalized spacial score (nSPS) is 16.8. The van der Waals surface area contributed by atoms with Crippen molar-refractivity contribution in [2.45, 2.75) is 44.9 Å². The molecule has 1 saturated heterocycles. The summed E-state index contributed by atoms with van der Waals surface area (Å²) in [5.74, 6) is 0.864. The Balaban J connectivity index is 1.70. The fraction of sp³-hybridized carbons (Fsp3) is 0.650. The number of benzene rings is 1. The van der Waals surface area contributed by atoms with Gasteiger partial charge < -0.3 is 14.5 Å². The summed E-state index contributed by atoms with van der Waals surface area (Å²) < 4.78 is 46.1. The van der Waals surface area contributed by atoms with Gasteiger partial charge in [-0.3, -0.25) is 0 Å². The molecule has 10 heteroatoms. The van der Waals surface area contributed by atoms with E-state index in [0.717, 1.165) is 44.2 Å². The molecule has 1 aromatic carbocycles. The van der Waals surface area contributed by atoms with Crippen LogP contribution < -0.4 is 9.80 Å². The third-order valence-corrected chi connectivity index (χ3v) is 5.66. The van der Waals surface area contributed by atoms with Crippen LogP contribution in [0.25, 0.3) is 0 Å². The summed E-state index contributed by atoms with van der Waals surface area (Å²) in [5, 5.41) is 12.3. The predicted molar refractivity (Wildman–Crippen MR) is 106 cm³/mol. The molecule has 0 bridgehead atoms. The highest BCUT2D eigenvalue weighted by atomic mass is 19.4. The minimum absolute atomic E-state index is 0.167. The molecular weight excluding hydrogens is 397 g/mol.